The summed E-state index contributed by atoms with van der Waals surface area (Å²) in [6.45, 7) is 1.36. The molecule has 4 aromatic rings. The molecule has 1 aromatic heterocycles. The number of aromatic nitrogens is 2. The minimum atomic E-state index is 0.465. The fourth-order valence-corrected chi connectivity index (χ4v) is 3.95. The lowest BCUT2D eigenvalue weighted by molar-refractivity contribution is 0.773. The number of hydrogen-bond donors (Lipinski definition) is 3. The lowest BCUT2D eigenvalue weighted by atomic mass is 10.1. The third kappa shape index (κ3) is 5.53. The van der Waals surface area contributed by atoms with E-state index in [2.05, 4.69) is 15.3 Å². The fraction of sp³-hybridized carbons (Fsp3) is 0.160. The van der Waals surface area contributed by atoms with Crippen molar-refractivity contribution in [3.05, 3.63) is 82.3 Å². The highest BCUT2D eigenvalue weighted by molar-refractivity contribution is 6.36. The Kier molecular flexibility index (Phi) is 7.27. The number of nitrogens with one attached hydrogen (secondary N) is 1. The average molecular weight is 479 g/mol. The number of unbranched alkanes of at least 4 members (excludes halogenated alkanes) is 1. The molecular formula is C25H24Cl2N6. The highest BCUT2D eigenvalue weighted by Gasteiger charge is 2.12. The van der Waals surface area contributed by atoms with Crippen LogP contribution in [0.15, 0.2) is 71.7 Å². The monoisotopic (exact) mass is 478 g/mol. The van der Waals surface area contributed by atoms with Crippen molar-refractivity contribution in [1.29, 1.82) is 0 Å². The van der Waals surface area contributed by atoms with E-state index in [-0.39, 0.29) is 0 Å². The van der Waals surface area contributed by atoms with Crippen LogP contribution in [0.3, 0.4) is 0 Å². The maximum Gasteiger partial charge on any atom is 0.163 e. The van der Waals surface area contributed by atoms with Crippen LogP contribution in [0.2, 0.25) is 10.0 Å². The number of anilines is 2. The van der Waals surface area contributed by atoms with E-state index in [1.807, 2.05) is 54.6 Å². The minimum Gasteiger partial charge on any atom is -0.398 e. The third-order valence-electron chi connectivity index (χ3n) is 5.17. The second kappa shape index (κ2) is 10.5. The first-order chi connectivity index (χ1) is 16.0. The zero-order valence-corrected chi connectivity index (χ0v) is 19.4. The summed E-state index contributed by atoms with van der Waals surface area (Å²) >= 11 is 12.4. The molecule has 0 radical (unpaired) electrons. The van der Waals surface area contributed by atoms with Crippen LogP contribution in [0.25, 0.3) is 22.3 Å². The fourth-order valence-electron chi connectivity index (χ4n) is 3.46. The molecule has 0 amide bonds. The second-order valence-corrected chi connectivity index (χ2v) is 8.37. The van der Waals surface area contributed by atoms with E-state index in [9.17, 15) is 0 Å². The van der Waals surface area contributed by atoms with Gasteiger partial charge in [0.05, 0.1) is 10.5 Å². The number of para-hydroxylation sites is 2. The first-order valence-electron chi connectivity index (χ1n) is 10.6. The van der Waals surface area contributed by atoms with E-state index < -0.39 is 0 Å². The predicted molar refractivity (Wildman–Crippen MR) is 139 cm³/mol. The molecule has 0 saturated carbocycles. The van der Waals surface area contributed by atoms with Crippen molar-refractivity contribution in [1.82, 2.24) is 9.97 Å². The molecule has 6 nitrogen and oxygen atoms in total. The maximum atomic E-state index is 6.39. The van der Waals surface area contributed by atoms with Gasteiger partial charge < -0.3 is 16.8 Å². The van der Waals surface area contributed by atoms with Gasteiger partial charge >= 0.3 is 0 Å². The van der Waals surface area contributed by atoms with Crippen LogP contribution in [0.4, 0.5) is 11.5 Å². The second-order valence-electron chi connectivity index (χ2n) is 7.53. The van der Waals surface area contributed by atoms with Gasteiger partial charge in [0.2, 0.25) is 0 Å². The molecule has 0 unspecified atom stereocenters. The number of nitrogens with zero attached hydrogens (tertiary/aromatic N) is 3. The van der Waals surface area contributed by atoms with Crippen LogP contribution < -0.4 is 16.8 Å². The summed E-state index contributed by atoms with van der Waals surface area (Å²) < 4.78 is 0. The summed E-state index contributed by atoms with van der Waals surface area (Å²) in [6.07, 6.45) is 1.77. The standard InChI is InChI=1S/C25H24Cl2N6/c26-16-11-12-17(20(27)15-16)25-32-22-10-4-2-8-19(22)24(33-25)31-14-6-5-13-30-23(29)18-7-1-3-9-21(18)28/h1-4,7-12,15H,5-6,13-14,28H2,(H2,29,30)(H,31,32,33). The average Bonchev–Trinajstić information content (AvgIpc) is 2.81. The quantitative estimate of drug-likeness (QED) is 0.129. The summed E-state index contributed by atoms with van der Waals surface area (Å²) in [7, 11) is 0. The summed E-state index contributed by atoms with van der Waals surface area (Å²) in [5.41, 5.74) is 15.0. The summed E-state index contributed by atoms with van der Waals surface area (Å²) in [6, 6.07) is 20.7. The van der Waals surface area contributed by atoms with Crippen molar-refractivity contribution >= 4 is 51.4 Å². The van der Waals surface area contributed by atoms with Crippen LogP contribution >= 0.6 is 23.2 Å². The molecule has 0 aliphatic carbocycles. The first kappa shape index (κ1) is 22.8. The SMILES string of the molecule is NC(=NCCCCNc1nc(-c2ccc(Cl)cc2Cl)nc2ccccc12)c1ccccc1N. The Labute approximate surface area is 202 Å². The van der Waals surface area contributed by atoms with E-state index in [1.165, 1.54) is 0 Å². The highest BCUT2D eigenvalue weighted by Crippen LogP contribution is 2.31. The molecule has 1 heterocycles. The van der Waals surface area contributed by atoms with Crippen molar-refractivity contribution in [2.24, 2.45) is 10.7 Å². The lowest BCUT2D eigenvalue weighted by Crippen LogP contribution is -2.16. The Bertz CT molecular complexity index is 1310. The molecule has 33 heavy (non-hydrogen) atoms. The molecule has 168 valence electrons. The van der Waals surface area contributed by atoms with Gasteiger partial charge in [-0.1, -0.05) is 47.5 Å². The molecule has 5 N–H and O–H groups in total. The molecule has 0 bridgehead atoms. The molecule has 0 aliphatic rings. The largest absolute Gasteiger partial charge is 0.398 e. The molecule has 0 atom stereocenters. The van der Waals surface area contributed by atoms with Crippen LogP contribution in [0, 0.1) is 0 Å². The number of rotatable bonds is 8. The number of halogens is 2. The van der Waals surface area contributed by atoms with Crippen molar-refractivity contribution in [2.45, 2.75) is 12.8 Å². The number of amidine groups is 1. The van der Waals surface area contributed by atoms with Gasteiger partial charge in [-0.3, -0.25) is 4.99 Å². The number of aliphatic imine (C=N–C) groups is 1. The third-order valence-corrected chi connectivity index (χ3v) is 5.72. The minimum absolute atomic E-state index is 0.465. The van der Waals surface area contributed by atoms with Gasteiger partial charge in [-0.05, 0) is 55.3 Å². The van der Waals surface area contributed by atoms with Crippen LogP contribution in [-0.4, -0.2) is 28.9 Å². The number of fused-ring (bicyclic) bond motifs is 1. The van der Waals surface area contributed by atoms with E-state index in [4.69, 9.17) is 39.7 Å². The molecule has 8 heteroatoms. The highest BCUT2D eigenvalue weighted by atomic mass is 35.5. The van der Waals surface area contributed by atoms with Gasteiger partial charge in [-0.2, -0.15) is 0 Å². The molecule has 0 fully saturated rings. The molecular weight excluding hydrogens is 455 g/mol. The molecule has 0 saturated heterocycles. The Hall–Kier alpha value is -3.35. The van der Waals surface area contributed by atoms with Crippen molar-refractivity contribution in [3.8, 4) is 11.4 Å². The Morgan fingerprint density at radius 2 is 1.73 bits per heavy atom. The zero-order valence-electron chi connectivity index (χ0n) is 17.9. The number of hydrogen-bond acceptors (Lipinski definition) is 5. The van der Waals surface area contributed by atoms with E-state index in [1.54, 1.807) is 12.1 Å². The normalized spacial score (nSPS) is 11.6. The molecule has 4 rings (SSSR count). The maximum absolute atomic E-state index is 6.39. The lowest BCUT2D eigenvalue weighted by Gasteiger charge is -2.12. The van der Waals surface area contributed by atoms with Crippen LogP contribution in [0.5, 0.6) is 0 Å². The Morgan fingerprint density at radius 3 is 2.55 bits per heavy atom. The molecule has 3 aromatic carbocycles. The Balaban J connectivity index is 1.43. The van der Waals surface area contributed by atoms with Gasteiger partial charge in [-0.15, -0.1) is 0 Å². The van der Waals surface area contributed by atoms with Crippen molar-refractivity contribution in [3.63, 3.8) is 0 Å². The van der Waals surface area contributed by atoms with Crippen LogP contribution in [-0.2, 0) is 0 Å². The van der Waals surface area contributed by atoms with Crippen molar-refractivity contribution < 1.29 is 0 Å². The van der Waals surface area contributed by atoms with E-state index in [0.29, 0.717) is 33.9 Å². The number of nitrogen functional groups attached to an aromatic ring is 1. The zero-order chi connectivity index (χ0) is 23.2. The van der Waals surface area contributed by atoms with Crippen molar-refractivity contribution in [2.75, 3.05) is 24.1 Å². The van der Waals surface area contributed by atoms with Crippen LogP contribution in [0.1, 0.15) is 18.4 Å². The van der Waals surface area contributed by atoms with E-state index >= 15 is 0 Å². The first-order valence-corrected chi connectivity index (χ1v) is 11.4. The Morgan fingerprint density at radius 1 is 0.939 bits per heavy atom. The number of benzene rings is 3. The smallest absolute Gasteiger partial charge is 0.163 e. The van der Waals surface area contributed by atoms with E-state index in [0.717, 1.165) is 47.2 Å². The van der Waals surface area contributed by atoms with Gasteiger partial charge in [0.25, 0.3) is 0 Å². The predicted octanol–water partition coefficient (Wildman–Crippen LogP) is 5.78. The van der Waals surface area contributed by atoms with Gasteiger partial charge in [0, 0.05) is 40.3 Å². The summed E-state index contributed by atoms with van der Waals surface area (Å²) in [4.78, 5) is 13.9. The van der Waals surface area contributed by atoms with Gasteiger partial charge in [0.1, 0.15) is 11.7 Å². The van der Waals surface area contributed by atoms with Gasteiger partial charge in [-0.25, -0.2) is 9.97 Å². The van der Waals surface area contributed by atoms with Gasteiger partial charge in [0.15, 0.2) is 5.82 Å². The number of nitrogens with two attached hydrogens (primary N) is 2. The molecule has 0 aliphatic heterocycles. The molecule has 0 spiro atoms. The topological polar surface area (TPSA) is 102 Å². The summed E-state index contributed by atoms with van der Waals surface area (Å²) in [5.74, 6) is 1.78. The summed E-state index contributed by atoms with van der Waals surface area (Å²) in [5, 5.41) is 5.47.